The molecule has 0 aromatic heterocycles. The first-order valence-corrected chi connectivity index (χ1v) is 6.76. The van der Waals surface area contributed by atoms with Gasteiger partial charge < -0.3 is 14.8 Å². The highest BCUT2D eigenvalue weighted by Gasteiger charge is 2.15. The molecule has 1 unspecified atom stereocenters. The molecule has 1 aromatic carbocycles. The molecule has 1 N–H and O–H groups in total. The van der Waals surface area contributed by atoms with Crippen molar-refractivity contribution in [1.82, 2.24) is 5.32 Å². The summed E-state index contributed by atoms with van der Waals surface area (Å²) < 4.78 is 11.1. The predicted octanol–water partition coefficient (Wildman–Crippen LogP) is 2.00. The molecule has 18 heavy (non-hydrogen) atoms. The molecule has 1 atom stereocenters. The molecular weight excluding hydrogens is 226 g/mol. The van der Waals surface area contributed by atoms with Crippen LogP contribution in [0.3, 0.4) is 0 Å². The van der Waals surface area contributed by atoms with Gasteiger partial charge in [-0.25, -0.2) is 0 Å². The molecule has 100 valence electrons. The van der Waals surface area contributed by atoms with E-state index in [4.69, 9.17) is 9.47 Å². The summed E-state index contributed by atoms with van der Waals surface area (Å²) in [5.41, 5.74) is 2.62. The molecule has 3 heteroatoms. The van der Waals surface area contributed by atoms with Gasteiger partial charge in [0.25, 0.3) is 0 Å². The Kier molecular flexibility index (Phi) is 5.65. The molecule has 0 spiro atoms. The summed E-state index contributed by atoms with van der Waals surface area (Å²) in [5, 5.41) is 3.16. The van der Waals surface area contributed by atoms with Crippen LogP contribution >= 0.6 is 0 Å². The molecule has 1 aromatic rings. The average Bonchev–Trinajstić information content (AvgIpc) is 2.91. The van der Waals surface area contributed by atoms with E-state index >= 15 is 0 Å². The van der Waals surface area contributed by atoms with E-state index in [9.17, 15) is 0 Å². The maximum absolute atomic E-state index is 5.73. The maximum atomic E-state index is 5.73. The fraction of sp³-hybridized carbons (Fsp3) is 0.600. The Hall–Kier alpha value is -0.900. The predicted molar refractivity (Wildman–Crippen MR) is 72.7 cm³/mol. The third-order valence-electron chi connectivity index (χ3n) is 3.33. The Morgan fingerprint density at radius 1 is 1.28 bits per heavy atom. The van der Waals surface area contributed by atoms with E-state index in [0.29, 0.717) is 12.5 Å². The molecule has 0 aliphatic carbocycles. The van der Waals surface area contributed by atoms with Crippen LogP contribution in [0.1, 0.15) is 17.5 Å². The molecule has 2 rings (SSSR count). The summed E-state index contributed by atoms with van der Waals surface area (Å²) >= 11 is 0. The standard InChI is InChI=1S/C15H23NO2/c1-16-8-6-13-2-4-14(5-3-13)10-18-12-15-7-9-17-11-15/h2-5,15-16H,6-12H2,1H3. The van der Waals surface area contributed by atoms with Crippen LogP contribution in [-0.2, 0) is 22.5 Å². The summed E-state index contributed by atoms with van der Waals surface area (Å²) in [4.78, 5) is 0. The Labute approximate surface area is 109 Å². The van der Waals surface area contributed by atoms with Crippen LogP contribution in [0.4, 0.5) is 0 Å². The Balaban J connectivity index is 1.68. The number of ether oxygens (including phenoxy) is 2. The minimum Gasteiger partial charge on any atom is -0.381 e. The third kappa shape index (κ3) is 4.41. The van der Waals surface area contributed by atoms with Crippen LogP contribution < -0.4 is 5.32 Å². The van der Waals surface area contributed by atoms with Gasteiger partial charge in [-0.3, -0.25) is 0 Å². The first-order chi connectivity index (χ1) is 8.88. The lowest BCUT2D eigenvalue weighted by atomic mass is 10.1. The second kappa shape index (κ2) is 7.52. The van der Waals surface area contributed by atoms with Crippen molar-refractivity contribution < 1.29 is 9.47 Å². The van der Waals surface area contributed by atoms with Crippen molar-refractivity contribution in [2.24, 2.45) is 5.92 Å². The molecule has 1 aliphatic heterocycles. The van der Waals surface area contributed by atoms with Crippen LogP contribution in [0.25, 0.3) is 0 Å². The summed E-state index contributed by atoms with van der Waals surface area (Å²) in [6, 6.07) is 8.70. The van der Waals surface area contributed by atoms with Crippen molar-refractivity contribution in [3.63, 3.8) is 0 Å². The third-order valence-corrected chi connectivity index (χ3v) is 3.33. The van der Waals surface area contributed by atoms with E-state index in [1.807, 2.05) is 7.05 Å². The van der Waals surface area contributed by atoms with Crippen LogP contribution in [0.5, 0.6) is 0 Å². The zero-order valence-electron chi connectivity index (χ0n) is 11.2. The van der Waals surface area contributed by atoms with Gasteiger partial charge in [0.15, 0.2) is 0 Å². The highest BCUT2D eigenvalue weighted by Crippen LogP contribution is 2.13. The highest BCUT2D eigenvalue weighted by atomic mass is 16.5. The van der Waals surface area contributed by atoms with Crippen LogP contribution in [-0.4, -0.2) is 33.4 Å². The number of hydrogen-bond donors (Lipinski definition) is 1. The lowest BCUT2D eigenvalue weighted by Crippen LogP contribution is -2.10. The SMILES string of the molecule is CNCCc1ccc(COCC2CCOC2)cc1. The molecule has 0 radical (unpaired) electrons. The van der Waals surface area contributed by atoms with Crippen molar-refractivity contribution >= 4 is 0 Å². The maximum Gasteiger partial charge on any atom is 0.0717 e. The fourth-order valence-corrected chi connectivity index (χ4v) is 2.13. The first kappa shape index (κ1) is 13.5. The van der Waals surface area contributed by atoms with E-state index in [2.05, 4.69) is 29.6 Å². The van der Waals surface area contributed by atoms with Gasteiger partial charge >= 0.3 is 0 Å². The molecule has 1 aliphatic rings. The monoisotopic (exact) mass is 249 g/mol. The van der Waals surface area contributed by atoms with Gasteiger partial charge in [0.1, 0.15) is 0 Å². The highest BCUT2D eigenvalue weighted by molar-refractivity contribution is 5.22. The van der Waals surface area contributed by atoms with Crippen molar-refractivity contribution in [2.45, 2.75) is 19.4 Å². The number of rotatable bonds is 7. The van der Waals surface area contributed by atoms with Gasteiger partial charge in [-0.15, -0.1) is 0 Å². The van der Waals surface area contributed by atoms with Gasteiger partial charge in [0, 0.05) is 12.5 Å². The largest absolute Gasteiger partial charge is 0.381 e. The lowest BCUT2D eigenvalue weighted by molar-refractivity contribution is 0.0791. The molecule has 1 heterocycles. The second-order valence-corrected chi connectivity index (χ2v) is 4.91. The molecule has 1 fully saturated rings. The molecule has 0 bridgehead atoms. The molecule has 0 amide bonds. The molecule has 0 saturated carbocycles. The summed E-state index contributed by atoms with van der Waals surface area (Å²) in [7, 11) is 1.98. The normalized spacial score (nSPS) is 19.3. The minimum absolute atomic E-state index is 0.597. The van der Waals surface area contributed by atoms with E-state index in [0.717, 1.165) is 39.2 Å². The Bertz CT molecular complexity index is 331. The Morgan fingerprint density at radius 2 is 2.06 bits per heavy atom. The zero-order chi connectivity index (χ0) is 12.6. The number of nitrogens with one attached hydrogen (secondary N) is 1. The van der Waals surface area contributed by atoms with Gasteiger partial charge in [-0.05, 0) is 37.6 Å². The van der Waals surface area contributed by atoms with Crippen LogP contribution in [0.2, 0.25) is 0 Å². The van der Waals surface area contributed by atoms with Crippen molar-refractivity contribution in [3.8, 4) is 0 Å². The van der Waals surface area contributed by atoms with Crippen LogP contribution in [0, 0.1) is 5.92 Å². The van der Waals surface area contributed by atoms with Gasteiger partial charge in [0.05, 0.1) is 19.8 Å². The minimum atomic E-state index is 0.597. The van der Waals surface area contributed by atoms with E-state index in [1.54, 1.807) is 0 Å². The topological polar surface area (TPSA) is 30.5 Å². The zero-order valence-corrected chi connectivity index (χ0v) is 11.2. The van der Waals surface area contributed by atoms with E-state index < -0.39 is 0 Å². The summed E-state index contributed by atoms with van der Waals surface area (Å²) in [6.45, 7) is 4.32. The smallest absolute Gasteiger partial charge is 0.0717 e. The van der Waals surface area contributed by atoms with E-state index in [1.165, 1.54) is 11.1 Å². The fourth-order valence-electron chi connectivity index (χ4n) is 2.13. The summed E-state index contributed by atoms with van der Waals surface area (Å²) in [5.74, 6) is 0.597. The Morgan fingerprint density at radius 3 is 2.72 bits per heavy atom. The van der Waals surface area contributed by atoms with Crippen molar-refractivity contribution in [3.05, 3.63) is 35.4 Å². The van der Waals surface area contributed by atoms with Gasteiger partial charge in [-0.2, -0.15) is 0 Å². The number of hydrogen-bond acceptors (Lipinski definition) is 3. The van der Waals surface area contributed by atoms with Gasteiger partial charge in [0.2, 0.25) is 0 Å². The first-order valence-electron chi connectivity index (χ1n) is 6.76. The van der Waals surface area contributed by atoms with Crippen molar-refractivity contribution in [1.29, 1.82) is 0 Å². The quantitative estimate of drug-likeness (QED) is 0.802. The van der Waals surface area contributed by atoms with Crippen LogP contribution in [0.15, 0.2) is 24.3 Å². The average molecular weight is 249 g/mol. The number of likely N-dealkylation sites (N-methyl/N-ethyl adjacent to an activating group) is 1. The van der Waals surface area contributed by atoms with Crippen molar-refractivity contribution in [2.75, 3.05) is 33.4 Å². The number of benzene rings is 1. The van der Waals surface area contributed by atoms with Gasteiger partial charge in [-0.1, -0.05) is 24.3 Å². The molecule has 1 saturated heterocycles. The summed E-state index contributed by atoms with van der Waals surface area (Å²) in [6.07, 6.45) is 2.22. The van der Waals surface area contributed by atoms with E-state index in [-0.39, 0.29) is 0 Å². The second-order valence-electron chi connectivity index (χ2n) is 4.91. The molecular formula is C15H23NO2. The molecule has 3 nitrogen and oxygen atoms in total. The lowest BCUT2D eigenvalue weighted by Gasteiger charge is -2.09.